The number of furan rings is 1. The highest BCUT2D eigenvalue weighted by molar-refractivity contribution is 7.09. The topological polar surface area (TPSA) is 80.0 Å². The minimum absolute atomic E-state index is 0.257. The summed E-state index contributed by atoms with van der Waals surface area (Å²) in [5, 5.41) is 6.94. The van der Waals surface area contributed by atoms with Crippen molar-refractivity contribution in [1.82, 2.24) is 9.36 Å². The molecule has 0 spiro atoms. The van der Waals surface area contributed by atoms with Crippen LogP contribution in [0, 0.1) is 0 Å². The van der Waals surface area contributed by atoms with Gasteiger partial charge in [-0.25, -0.2) is 4.98 Å². The second-order valence-electron chi connectivity index (χ2n) is 5.71. The van der Waals surface area contributed by atoms with Gasteiger partial charge in [0.25, 0.3) is 5.91 Å². The van der Waals surface area contributed by atoms with E-state index in [0.29, 0.717) is 18.2 Å². The van der Waals surface area contributed by atoms with Crippen LogP contribution in [0.2, 0.25) is 0 Å². The lowest BCUT2D eigenvalue weighted by Gasteiger charge is -2.06. The molecule has 1 aliphatic carbocycles. The highest BCUT2D eigenvalue weighted by atomic mass is 32.1. The Balaban J connectivity index is 1.32. The van der Waals surface area contributed by atoms with Gasteiger partial charge in [-0.2, -0.15) is 4.37 Å². The van der Waals surface area contributed by atoms with E-state index in [0.717, 1.165) is 22.2 Å². The zero-order valence-electron chi connectivity index (χ0n) is 12.9. The van der Waals surface area contributed by atoms with E-state index in [1.807, 2.05) is 24.3 Å². The van der Waals surface area contributed by atoms with Crippen LogP contribution < -0.4 is 10.6 Å². The molecule has 2 aromatic heterocycles. The maximum absolute atomic E-state index is 11.9. The molecule has 2 N–H and O–H groups in total. The van der Waals surface area contributed by atoms with Crippen molar-refractivity contribution in [2.75, 3.05) is 10.6 Å². The Bertz CT molecular complexity index is 823. The molecule has 24 heavy (non-hydrogen) atoms. The van der Waals surface area contributed by atoms with Crippen molar-refractivity contribution >= 4 is 28.3 Å². The molecule has 1 saturated carbocycles. The van der Waals surface area contributed by atoms with E-state index in [-0.39, 0.29) is 5.91 Å². The van der Waals surface area contributed by atoms with E-state index in [9.17, 15) is 4.79 Å². The summed E-state index contributed by atoms with van der Waals surface area (Å²) in [7, 11) is 0. The summed E-state index contributed by atoms with van der Waals surface area (Å²) < 4.78 is 9.44. The van der Waals surface area contributed by atoms with Gasteiger partial charge in [-0.05, 0) is 42.7 Å². The van der Waals surface area contributed by atoms with Crippen LogP contribution in [0.4, 0.5) is 10.8 Å². The fourth-order valence-corrected chi connectivity index (χ4v) is 2.94. The van der Waals surface area contributed by atoms with Crippen LogP contribution in [0.15, 0.2) is 47.1 Å². The summed E-state index contributed by atoms with van der Waals surface area (Å²) in [5.41, 5.74) is 1.83. The molecule has 1 fully saturated rings. The van der Waals surface area contributed by atoms with E-state index in [1.54, 1.807) is 12.1 Å². The average Bonchev–Trinajstić information content (AvgIpc) is 3.12. The first-order valence-electron chi connectivity index (χ1n) is 7.79. The highest BCUT2D eigenvalue weighted by Crippen LogP contribution is 2.39. The Labute approximate surface area is 143 Å². The van der Waals surface area contributed by atoms with Crippen LogP contribution in [0.5, 0.6) is 0 Å². The number of hydrogen-bond acceptors (Lipinski definition) is 6. The molecule has 0 atom stereocenters. The summed E-state index contributed by atoms with van der Waals surface area (Å²) in [6.45, 7) is 0.672. The third kappa shape index (κ3) is 3.46. The molecule has 4 rings (SSSR count). The Morgan fingerprint density at radius 2 is 2.08 bits per heavy atom. The van der Waals surface area contributed by atoms with Gasteiger partial charge in [-0.3, -0.25) is 4.79 Å². The minimum Gasteiger partial charge on any atom is -0.459 e. The lowest BCUT2D eigenvalue weighted by Crippen LogP contribution is -2.10. The van der Waals surface area contributed by atoms with Gasteiger partial charge in [0.15, 0.2) is 5.76 Å². The predicted molar refractivity (Wildman–Crippen MR) is 92.3 cm³/mol. The quantitative estimate of drug-likeness (QED) is 0.712. The number of benzene rings is 1. The average molecular weight is 340 g/mol. The molecular formula is C17H16N4O2S. The van der Waals surface area contributed by atoms with Crippen LogP contribution in [0.3, 0.4) is 0 Å². The second-order valence-corrected chi connectivity index (χ2v) is 6.47. The maximum Gasteiger partial charge on any atom is 0.291 e. The number of rotatable bonds is 6. The first-order valence-corrected chi connectivity index (χ1v) is 8.56. The monoisotopic (exact) mass is 340 g/mol. The van der Waals surface area contributed by atoms with Crippen LogP contribution in [0.25, 0.3) is 0 Å². The van der Waals surface area contributed by atoms with Gasteiger partial charge in [0.2, 0.25) is 5.13 Å². The van der Waals surface area contributed by atoms with E-state index in [1.165, 1.54) is 30.6 Å². The van der Waals surface area contributed by atoms with Crippen molar-refractivity contribution < 1.29 is 9.21 Å². The van der Waals surface area contributed by atoms with Crippen molar-refractivity contribution in [3.8, 4) is 0 Å². The molecule has 1 aromatic carbocycles. The second kappa shape index (κ2) is 6.45. The molecule has 0 unspecified atom stereocenters. The fourth-order valence-electron chi connectivity index (χ4n) is 2.30. The summed E-state index contributed by atoms with van der Waals surface area (Å²) in [6, 6.07) is 11.0. The molecule has 0 aliphatic heterocycles. The summed E-state index contributed by atoms with van der Waals surface area (Å²) in [6.07, 6.45) is 3.90. The Hall–Kier alpha value is -2.67. The molecule has 1 aliphatic rings. The maximum atomic E-state index is 11.9. The summed E-state index contributed by atoms with van der Waals surface area (Å²) in [5.74, 6) is 1.59. The zero-order chi connectivity index (χ0) is 16.4. The highest BCUT2D eigenvalue weighted by Gasteiger charge is 2.27. The largest absolute Gasteiger partial charge is 0.459 e. The molecule has 3 aromatic rings. The molecule has 0 saturated heterocycles. The summed E-state index contributed by atoms with van der Waals surface area (Å²) >= 11 is 1.41. The molecule has 0 radical (unpaired) electrons. The number of aromatic nitrogens is 2. The number of carbonyl (C=O) groups excluding carboxylic acids is 1. The van der Waals surface area contributed by atoms with Gasteiger partial charge < -0.3 is 15.1 Å². The van der Waals surface area contributed by atoms with Gasteiger partial charge in [-0.15, -0.1) is 0 Å². The standard InChI is InChI=1S/C17H16N4O2S/c22-16(14-2-1-9-23-14)19-13-7-3-11(4-8-13)10-18-17-20-15(21-24-17)12-5-6-12/h1-4,7-9,12H,5-6,10H2,(H,19,22)(H,18,20,21). The third-order valence-corrected chi connectivity index (χ3v) is 4.47. The van der Waals surface area contributed by atoms with Crippen molar-refractivity contribution in [2.45, 2.75) is 25.3 Å². The normalized spacial score (nSPS) is 13.7. The number of nitrogens with one attached hydrogen (secondary N) is 2. The predicted octanol–water partition coefficient (Wildman–Crippen LogP) is 3.87. The summed E-state index contributed by atoms with van der Waals surface area (Å²) in [4.78, 5) is 16.4. The number of nitrogens with zero attached hydrogens (tertiary/aromatic N) is 2. The molecule has 2 heterocycles. The van der Waals surface area contributed by atoms with Gasteiger partial charge in [0, 0.05) is 29.7 Å². The van der Waals surface area contributed by atoms with E-state index in [2.05, 4.69) is 20.0 Å². The number of carbonyl (C=O) groups is 1. The van der Waals surface area contributed by atoms with Crippen molar-refractivity contribution in [2.24, 2.45) is 0 Å². The van der Waals surface area contributed by atoms with Crippen LogP contribution in [0.1, 0.15) is 40.7 Å². The van der Waals surface area contributed by atoms with Gasteiger partial charge in [0.05, 0.1) is 6.26 Å². The molecule has 7 heteroatoms. The Morgan fingerprint density at radius 1 is 1.25 bits per heavy atom. The first kappa shape index (κ1) is 14.9. The van der Waals surface area contributed by atoms with Crippen molar-refractivity contribution in [3.63, 3.8) is 0 Å². The minimum atomic E-state index is -0.257. The van der Waals surface area contributed by atoms with Crippen LogP contribution >= 0.6 is 11.5 Å². The van der Waals surface area contributed by atoms with Crippen LogP contribution in [-0.2, 0) is 6.54 Å². The molecule has 1 amide bonds. The van der Waals surface area contributed by atoms with Crippen molar-refractivity contribution in [1.29, 1.82) is 0 Å². The smallest absolute Gasteiger partial charge is 0.291 e. The lowest BCUT2D eigenvalue weighted by atomic mass is 10.2. The number of hydrogen-bond donors (Lipinski definition) is 2. The molecular weight excluding hydrogens is 324 g/mol. The Kier molecular flexibility index (Phi) is 4.00. The first-order chi connectivity index (χ1) is 11.8. The van der Waals surface area contributed by atoms with Gasteiger partial charge in [-0.1, -0.05) is 12.1 Å². The third-order valence-electron chi connectivity index (χ3n) is 3.78. The van der Waals surface area contributed by atoms with E-state index < -0.39 is 0 Å². The lowest BCUT2D eigenvalue weighted by molar-refractivity contribution is 0.0996. The van der Waals surface area contributed by atoms with Gasteiger partial charge >= 0.3 is 0 Å². The van der Waals surface area contributed by atoms with E-state index >= 15 is 0 Å². The van der Waals surface area contributed by atoms with E-state index in [4.69, 9.17) is 4.42 Å². The zero-order valence-corrected chi connectivity index (χ0v) is 13.7. The molecule has 122 valence electrons. The van der Waals surface area contributed by atoms with Gasteiger partial charge in [0.1, 0.15) is 5.82 Å². The number of anilines is 2. The van der Waals surface area contributed by atoms with Crippen molar-refractivity contribution in [3.05, 3.63) is 59.8 Å². The fraction of sp³-hybridized carbons (Fsp3) is 0.235. The SMILES string of the molecule is O=C(Nc1ccc(CNc2nc(C3CC3)ns2)cc1)c1ccco1. The molecule has 0 bridgehead atoms. The van der Waals surface area contributed by atoms with Crippen LogP contribution in [-0.4, -0.2) is 15.3 Å². The number of amides is 1. The Morgan fingerprint density at radius 3 is 2.79 bits per heavy atom. The molecule has 6 nitrogen and oxygen atoms in total.